The van der Waals surface area contributed by atoms with Gasteiger partial charge in [-0.1, -0.05) is 0 Å². The Kier molecular flexibility index (Phi) is 5.74. The number of aryl methyl sites for hydroxylation is 1. The largest absolute Gasteiger partial charge is 0.411 e. The highest BCUT2D eigenvalue weighted by Crippen LogP contribution is 2.17. The molecule has 0 atom stereocenters. The molecule has 8 heteroatoms. The fraction of sp³-hybridized carbons (Fsp3) is 0.455. The number of nitrogens with zero attached hydrogens (tertiary/aromatic N) is 1. The zero-order valence-corrected chi connectivity index (χ0v) is 11.6. The van der Waals surface area contributed by atoms with Crippen molar-refractivity contribution < 1.29 is 22.7 Å². The van der Waals surface area contributed by atoms with Gasteiger partial charge >= 0.3 is 6.18 Å². The summed E-state index contributed by atoms with van der Waals surface area (Å²) in [5, 5.41) is 2.48. The van der Waals surface area contributed by atoms with E-state index in [4.69, 9.17) is 0 Å². The molecule has 0 saturated heterocycles. The molecule has 0 aliphatic carbocycles. The van der Waals surface area contributed by atoms with Gasteiger partial charge in [0.15, 0.2) is 0 Å². The van der Waals surface area contributed by atoms with Crippen LogP contribution in [0.1, 0.15) is 12.0 Å². The minimum Gasteiger partial charge on any atom is -0.372 e. The van der Waals surface area contributed by atoms with Gasteiger partial charge in [-0.2, -0.15) is 13.2 Å². The molecule has 1 amide bonds. The van der Waals surface area contributed by atoms with Crippen molar-refractivity contribution in [1.29, 1.82) is 0 Å². The molecule has 0 aliphatic rings. The average Bonchev–Trinajstić information content (AvgIpc) is 2.28. The Morgan fingerprint density at radius 2 is 2.21 bits per heavy atom. The van der Waals surface area contributed by atoms with Crippen molar-refractivity contribution in [2.45, 2.75) is 19.5 Å². The molecule has 106 valence electrons. The highest BCUT2D eigenvalue weighted by molar-refractivity contribution is 9.10. The maximum atomic E-state index is 11.8. The maximum Gasteiger partial charge on any atom is 0.411 e. The number of hydrogen-bond donors (Lipinski definition) is 1. The second kappa shape index (κ2) is 6.85. The number of halogens is 4. The SMILES string of the molecule is Cc1cc(NC(=O)CCOCC(F)(F)F)ncc1Br. The third kappa shape index (κ3) is 6.53. The first-order valence-corrected chi connectivity index (χ1v) is 6.14. The first-order chi connectivity index (χ1) is 8.78. The molecule has 0 radical (unpaired) electrons. The quantitative estimate of drug-likeness (QED) is 0.838. The fourth-order valence-corrected chi connectivity index (χ4v) is 1.38. The summed E-state index contributed by atoms with van der Waals surface area (Å²) in [5.41, 5.74) is 0.888. The molecule has 0 saturated carbocycles. The van der Waals surface area contributed by atoms with Crippen molar-refractivity contribution in [3.8, 4) is 0 Å². The number of anilines is 1. The van der Waals surface area contributed by atoms with Crippen LogP contribution in [0, 0.1) is 6.92 Å². The van der Waals surface area contributed by atoms with E-state index in [2.05, 4.69) is 31.0 Å². The molecule has 1 aromatic rings. The number of nitrogens with one attached hydrogen (secondary N) is 1. The van der Waals surface area contributed by atoms with Crippen molar-refractivity contribution in [3.05, 3.63) is 22.3 Å². The van der Waals surface area contributed by atoms with E-state index in [1.165, 1.54) is 6.20 Å². The second-order valence-electron chi connectivity index (χ2n) is 3.78. The topological polar surface area (TPSA) is 51.2 Å². The van der Waals surface area contributed by atoms with Crippen LogP contribution in [0.3, 0.4) is 0 Å². The summed E-state index contributed by atoms with van der Waals surface area (Å²) in [5.74, 6) is -0.0991. The van der Waals surface area contributed by atoms with Crippen molar-refractivity contribution in [2.24, 2.45) is 0 Å². The van der Waals surface area contributed by atoms with Crippen molar-refractivity contribution >= 4 is 27.7 Å². The molecule has 1 N–H and O–H groups in total. The monoisotopic (exact) mass is 340 g/mol. The Hall–Kier alpha value is -1.15. The van der Waals surface area contributed by atoms with Crippen LogP contribution in [0.5, 0.6) is 0 Å². The normalized spacial score (nSPS) is 11.4. The summed E-state index contributed by atoms with van der Waals surface area (Å²) in [7, 11) is 0. The van der Waals surface area contributed by atoms with Crippen LogP contribution in [-0.4, -0.2) is 30.3 Å². The number of carbonyl (C=O) groups is 1. The summed E-state index contributed by atoms with van der Waals surface area (Å²) >= 11 is 3.26. The number of carbonyl (C=O) groups excluding carboxylic acids is 1. The van der Waals surface area contributed by atoms with E-state index in [0.29, 0.717) is 5.82 Å². The second-order valence-corrected chi connectivity index (χ2v) is 4.64. The molecule has 0 bridgehead atoms. The number of amides is 1. The third-order valence-electron chi connectivity index (χ3n) is 2.05. The minimum absolute atomic E-state index is 0.160. The third-order valence-corrected chi connectivity index (χ3v) is 2.88. The number of hydrogen-bond acceptors (Lipinski definition) is 3. The lowest BCUT2D eigenvalue weighted by Gasteiger charge is -2.08. The van der Waals surface area contributed by atoms with E-state index in [0.717, 1.165) is 10.0 Å². The Labute approximate surface area is 116 Å². The first kappa shape index (κ1) is 15.9. The molecule has 0 aromatic carbocycles. The van der Waals surface area contributed by atoms with E-state index in [1.807, 2.05) is 6.92 Å². The summed E-state index contributed by atoms with van der Waals surface area (Å²) < 4.78 is 40.4. The molecule has 0 aliphatic heterocycles. The number of aromatic nitrogens is 1. The van der Waals surface area contributed by atoms with Gasteiger partial charge in [-0.05, 0) is 34.5 Å². The zero-order chi connectivity index (χ0) is 14.5. The lowest BCUT2D eigenvalue weighted by molar-refractivity contribution is -0.174. The van der Waals surface area contributed by atoms with E-state index >= 15 is 0 Å². The fourth-order valence-electron chi connectivity index (χ4n) is 1.17. The Balaban J connectivity index is 2.33. The van der Waals surface area contributed by atoms with Gasteiger partial charge in [-0.25, -0.2) is 4.98 Å². The molecular formula is C11H12BrF3N2O2. The first-order valence-electron chi connectivity index (χ1n) is 5.34. The molecular weight excluding hydrogens is 329 g/mol. The summed E-state index contributed by atoms with van der Waals surface area (Å²) in [6.45, 7) is 0.185. The standard InChI is InChI=1S/C11H12BrF3N2O2/c1-7-4-9(16-5-8(7)12)17-10(18)2-3-19-6-11(13,14)15/h4-5H,2-3,6H2,1H3,(H,16,17,18). The van der Waals surface area contributed by atoms with Gasteiger partial charge in [0.25, 0.3) is 0 Å². The summed E-state index contributed by atoms with van der Waals surface area (Å²) in [6, 6.07) is 1.65. The Morgan fingerprint density at radius 1 is 1.53 bits per heavy atom. The van der Waals surface area contributed by atoms with Crippen LogP contribution >= 0.6 is 15.9 Å². The highest BCUT2D eigenvalue weighted by atomic mass is 79.9. The molecule has 19 heavy (non-hydrogen) atoms. The van der Waals surface area contributed by atoms with Gasteiger partial charge in [0.1, 0.15) is 12.4 Å². The van der Waals surface area contributed by atoms with Crippen LogP contribution in [0.2, 0.25) is 0 Å². The van der Waals surface area contributed by atoms with Gasteiger partial charge in [0, 0.05) is 10.7 Å². The highest BCUT2D eigenvalue weighted by Gasteiger charge is 2.27. The molecule has 0 unspecified atom stereocenters. The predicted octanol–water partition coefficient (Wildman–Crippen LogP) is 3.06. The lowest BCUT2D eigenvalue weighted by Crippen LogP contribution is -2.20. The van der Waals surface area contributed by atoms with Crippen molar-refractivity contribution in [1.82, 2.24) is 4.98 Å². The van der Waals surface area contributed by atoms with Crippen molar-refractivity contribution in [3.63, 3.8) is 0 Å². The smallest absolute Gasteiger partial charge is 0.372 e. The lowest BCUT2D eigenvalue weighted by atomic mass is 10.3. The van der Waals surface area contributed by atoms with E-state index in [9.17, 15) is 18.0 Å². The molecule has 1 aromatic heterocycles. The minimum atomic E-state index is -4.37. The molecule has 0 spiro atoms. The molecule has 0 fully saturated rings. The average molecular weight is 341 g/mol. The zero-order valence-electron chi connectivity index (χ0n) is 10.1. The summed E-state index contributed by atoms with van der Waals surface area (Å²) in [4.78, 5) is 15.4. The Bertz CT molecular complexity index is 452. The van der Waals surface area contributed by atoms with E-state index < -0.39 is 18.7 Å². The number of ether oxygens (including phenoxy) is 1. The van der Waals surface area contributed by atoms with Crippen LogP contribution in [0.25, 0.3) is 0 Å². The van der Waals surface area contributed by atoms with Crippen LogP contribution in [-0.2, 0) is 9.53 Å². The van der Waals surface area contributed by atoms with Crippen LogP contribution in [0.15, 0.2) is 16.7 Å². The van der Waals surface area contributed by atoms with Gasteiger partial charge in [0.2, 0.25) is 5.91 Å². The van der Waals surface area contributed by atoms with Gasteiger partial charge < -0.3 is 10.1 Å². The molecule has 1 heterocycles. The van der Waals surface area contributed by atoms with E-state index in [-0.39, 0.29) is 13.0 Å². The molecule has 4 nitrogen and oxygen atoms in total. The van der Waals surface area contributed by atoms with Crippen molar-refractivity contribution in [2.75, 3.05) is 18.5 Å². The summed E-state index contributed by atoms with van der Waals surface area (Å²) in [6.07, 6.45) is -3.00. The van der Waals surface area contributed by atoms with Gasteiger partial charge in [-0.3, -0.25) is 4.79 Å². The number of rotatable bonds is 5. The van der Waals surface area contributed by atoms with Crippen LogP contribution in [0.4, 0.5) is 19.0 Å². The van der Waals surface area contributed by atoms with E-state index in [1.54, 1.807) is 6.07 Å². The van der Waals surface area contributed by atoms with Crippen LogP contribution < -0.4 is 5.32 Å². The number of pyridine rings is 1. The van der Waals surface area contributed by atoms with Gasteiger partial charge in [-0.15, -0.1) is 0 Å². The Morgan fingerprint density at radius 3 is 2.79 bits per heavy atom. The molecule has 1 rings (SSSR count). The predicted molar refractivity (Wildman–Crippen MR) is 66.8 cm³/mol. The number of alkyl halides is 3. The van der Waals surface area contributed by atoms with Gasteiger partial charge in [0.05, 0.1) is 13.0 Å². The maximum absolute atomic E-state index is 11.8.